The number of hydrogen-bond acceptors (Lipinski definition) is 3. The standard InChI is InChI=1S/C63H39N7/c1-4-18-40(19-5-1)41-32-34-42(35-33-41)61-64-62(69-53-31-17-12-26-48(53)58-55(69)39-38-54-57(58)47-25-11-15-29-51(47)67(54)43-20-6-2-7-21-43)66-63(65-61)70-50-28-14-10-24-45(50)46-36-37-56-59(60(46)70)49-27-13-16-30-52(49)68(56)44-22-8-3-9-23-44/h1-39H. The first-order chi connectivity index (χ1) is 34.8. The molecule has 0 aliphatic heterocycles. The molecule has 0 aliphatic rings. The molecular weight excluding hydrogens is 855 g/mol. The molecule has 0 saturated carbocycles. The van der Waals surface area contributed by atoms with Gasteiger partial charge in [0.05, 0.1) is 44.1 Å². The summed E-state index contributed by atoms with van der Waals surface area (Å²) in [5, 5.41) is 9.21. The van der Waals surface area contributed by atoms with E-state index in [9.17, 15) is 0 Å². The summed E-state index contributed by atoms with van der Waals surface area (Å²) in [5.74, 6) is 1.65. The highest BCUT2D eigenvalue weighted by molar-refractivity contribution is 6.29. The van der Waals surface area contributed by atoms with Crippen LogP contribution in [0.25, 0.3) is 133 Å². The Balaban J connectivity index is 1.06. The fraction of sp³-hybridized carbons (Fsp3) is 0. The second-order valence-electron chi connectivity index (χ2n) is 18.0. The summed E-state index contributed by atoms with van der Waals surface area (Å²) in [7, 11) is 0. The van der Waals surface area contributed by atoms with Crippen molar-refractivity contribution in [3.8, 4) is 45.8 Å². The highest BCUT2D eigenvalue weighted by Gasteiger charge is 2.26. The second-order valence-corrected chi connectivity index (χ2v) is 18.0. The molecule has 0 radical (unpaired) electrons. The van der Waals surface area contributed by atoms with Gasteiger partial charge in [0.2, 0.25) is 11.9 Å². The average molecular weight is 894 g/mol. The Labute approximate surface area is 401 Å². The van der Waals surface area contributed by atoms with E-state index in [1.165, 1.54) is 10.8 Å². The minimum absolute atomic E-state index is 0.536. The van der Waals surface area contributed by atoms with Gasteiger partial charge in [-0.25, -0.2) is 0 Å². The molecule has 0 spiro atoms. The number of rotatable bonds is 6. The van der Waals surface area contributed by atoms with E-state index in [1.807, 2.05) is 0 Å². The van der Waals surface area contributed by atoms with E-state index in [4.69, 9.17) is 15.0 Å². The van der Waals surface area contributed by atoms with Crippen LogP contribution in [-0.4, -0.2) is 33.2 Å². The molecule has 5 aromatic heterocycles. The lowest BCUT2D eigenvalue weighted by atomic mass is 10.0. The highest BCUT2D eigenvalue weighted by atomic mass is 15.3. The Hall–Kier alpha value is -9.59. The quantitative estimate of drug-likeness (QED) is 0.167. The van der Waals surface area contributed by atoms with Gasteiger partial charge in [0.25, 0.3) is 0 Å². The van der Waals surface area contributed by atoms with Crippen LogP contribution in [0.1, 0.15) is 0 Å². The average Bonchev–Trinajstić information content (AvgIpc) is 4.16. The van der Waals surface area contributed by atoms with Crippen molar-refractivity contribution < 1.29 is 0 Å². The molecule has 15 aromatic rings. The van der Waals surface area contributed by atoms with Crippen molar-refractivity contribution in [2.45, 2.75) is 0 Å². The van der Waals surface area contributed by atoms with Crippen LogP contribution in [0.4, 0.5) is 0 Å². The molecule has 326 valence electrons. The van der Waals surface area contributed by atoms with E-state index in [2.05, 4.69) is 255 Å². The van der Waals surface area contributed by atoms with Crippen molar-refractivity contribution in [2.75, 3.05) is 0 Å². The van der Waals surface area contributed by atoms with E-state index in [0.717, 1.165) is 105 Å². The lowest BCUT2D eigenvalue weighted by Crippen LogP contribution is -2.10. The predicted molar refractivity (Wildman–Crippen MR) is 288 cm³/mol. The minimum Gasteiger partial charge on any atom is -0.309 e. The van der Waals surface area contributed by atoms with Gasteiger partial charge in [-0.1, -0.05) is 170 Å². The number of hydrogen-bond donors (Lipinski definition) is 0. The van der Waals surface area contributed by atoms with E-state index in [0.29, 0.717) is 17.7 Å². The zero-order valence-electron chi connectivity index (χ0n) is 37.6. The van der Waals surface area contributed by atoms with Crippen molar-refractivity contribution in [1.82, 2.24) is 33.2 Å². The molecule has 7 nitrogen and oxygen atoms in total. The van der Waals surface area contributed by atoms with Gasteiger partial charge in [0.15, 0.2) is 5.82 Å². The summed E-state index contributed by atoms with van der Waals surface area (Å²) in [4.78, 5) is 16.7. The molecule has 15 rings (SSSR count). The lowest BCUT2D eigenvalue weighted by molar-refractivity contribution is 0.894. The molecular formula is C63H39N7. The van der Waals surface area contributed by atoms with Crippen LogP contribution in [0, 0.1) is 0 Å². The van der Waals surface area contributed by atoms with Crippen molar-refractivity contribution in [1.29, 1.82) is 0 Å². The number of nitrogens with zero attached hydrogens (tertiary/aromatic N) is 7. The molecule has 0 saturated heterocycles. The van der Waals surface area contributed by atoms with E-state index in [-0.39, 0.29) is 0 Å². The fourth-order valence-electron chi connectivity index (χ4n) is 11.3. The van der Waals surface area contributed by atoms with Gasteiger partial charge < -0.3 is 9.13 Å². The maximum absolute atomic E-state index is 5.65. The maximum Gasteiger partial charge on any atom is 0.240 e. The molecule has 0 N–H and O–H groups in total. The molecule has 10 aromatic carbocycles. The van der Waals surface area contributed by atoms with Gasteiger partial charge in [0, 0.05) is 60.0 Å². The summed E-state index contributed by atoms with van der Waals surface area (Å²) in [6, 6.07) is 84.2. The topological polar surface area (TPSA) is 58.4 Å². The number of para-hydroxylation sites is 6. The molecule has 7 heteroatoms. The van der Waals surface area contributed by atoms with Crippen LogP contribution < -0.4 is 0 Å². The van der Waals surface area contributed by atoms with Crippen molar-refractivity contribution in [3.05, 3.63) is 237 Å². The predicted octanol–water partition coefficient (Wildman–Crippen LogP) is 15.6. The summed E-state index contributed by atoms with van der Waals surface area (Å²) in [5.41, 5.74) is 14.0. The van der Waals surface area contributed by atoms with Gasteiger partial charge >= 0.3 is 0 Å². The molecule has 0 bridgehead atoms. The first kappa shape index (κ1) is 38.5. The molecule has 0 atom stereocenters. The first-order valence-corrected chi connectivity index (χ1v) is 23.7. The third-order valence-corrected chi connectivity index (χ3v) is 14.2. The Bertz CT molecular complexity index is 4560. The fourth-order valence-corrected chi connectivity index (χ4v) is 11.3. The number of aromatic nitrogens is 7. The van der Waals surface area contributed by atoms with E-state index >= 15 is 0 Å². The molecule has 0 fully saturated rings. The summed E-state index contributed by atoms with van der Waals surface area (Å²) >= 11 is 0. The Morgan fingerprint density at radius 1 is 0.229 bits per heavy atom. The lowest BCUT2D eigenvalue weighted by Gasteiger charge is -2.13. The second kappa shape index (κ2) is 15.0. The van der Waals surface area contributed by atoms with Gasteiger partial charge in [-0.3, -0.25) is 9.13 Å². The number of fused-ring (bicyclic) bond motifs is 14. The van der Waals surface area contributed by atoms with E-state index in [1.54, 1.807) is 0 Å². The maximum atomic E-state index is 5.65. The number of benzene rings is 10. The molecule has 0 amide bonds. The molecule has 0 unspecified atom stereocenters. The van der Waals surface area contributed by atoms with Crippen LogP contribution in [0.3, 0.4) is 0 Å². The van der Waals surface area contributed by atoms with Crippen molar-refractivity contribution in [2.24, 2.45) is 0 Å². The largest absolute Gasteiger partial charge is 0.309 e. The van der Waals surface area contributed by atoms with Crippen LogP contribution in [0.5, 0.6) is 0 Å². The first-order valence-electron chi connectivity index (χ1n) is 23.7. The van der Waals surface area contributed by atoms with Crippen molar-refractivity contribution >= 4 is 87.2 Å². The monoisotopic (exact) mass is 893 g/mol. The van der Waals surface area contributed by atoms with Crippen molar-refractivity contribution in [3.63, 3.8) is 0 Å². The summed E-state index contributed by atoms with van der Waals surface area (Å²) in [6.45, 7) is 0. The summed E-state index contributed by atoms with van der Waals surface area (Å²) < 4.78 is 9.28. The normalized spacial score (nSPS) is 12.0. The minimum atomic E-state index is 0.536. The third kappa shape index (κ3) is 5.54. The van der Waals surface area contributed by atoms with Crippen LogP contribution in [-0.2, 0) is 0 Å². The molecule has 5 heterocycles. The third-order valence-electron chi connectivity index (χ3n) is 14.2. The van der Waals surface area contributed by atoms with Gasteiger partial charge in [0.1, 0.15) is 0 Å². The summed E-state index contributed by atoms with van der Waals surface area (Å²) in [6.07, 6.45) is 0. The zero-order valence-corrected chi connectivity index (χ0v) is 37.6. The Morgan fingerprint density at radius 2 is 0.614 bits per heavy atom. The Kier molecular flexibility index (Phi) is 8.23. The van der Waals surface area contributed by atoms with Crippen LogP contribution in [0.2, 0.25) is 0 Å². The molecule has 70 heavy (non-hydrogen) atoms. The Morgan fingerprint density at radius 3 is 1.19 bits per heavy atom. The van der Waals surface area contributed by atoms with E-state index < -0.39 is 0 Å². The van der Waals surface area contributed by atoms with Gasteiger partial charge in [-0.2, -0.15) is 15.0 Å². The van der Waals surface area contributed by atoms with Gasteiger partial charge in [-0.05, 0) is 77.9 Å². The highest BCUT2D eigenvalue weighted by Crippen LogP contribution is 2.44. The van der Waals surface area contributed by atoms with Crippen LogP contribution >= 0.6 is 0 Å². The van der Waals surface area contributed by atoms with Gasteiger partial charge in [-0.15, -0.1) is 0 Å². The van der Waals surface area contributed by atoms with Crippen LogP contribution in [0.15, 0.2) is 237 Å². The smallest absolute Gasteiger partial charge is 0.240 e. The zero-order chi connectivity index (χ0) is 45.9. The molecule has 0 aliphatic carbocycles. The SMILES string of the molecule is c1ccc(-c2ccc(-c3nc(-n4c5ccccc5c5c6c7ccccc7n(-c7ccccc7)c6ccc54)nc(-n4c5ccccc5c5ccc6c(c7ccccc7n6-c6ccccc6)c54)n3)cc2)cc1.